The maximum absolute atomic E-state index is 9.31. The van der Waals surface area contributed by atoms with Crippen molar-refractivity contribution >= 4 is 0 Å². The molecule has 1 aliphatic rings. The van der Waals surface area contributed by atoms with Crippen LogP contribution in [0.3, 0.4) is 0 Å². The molecule has 0 bridgehead atoms. The number of imidazole rings is 1. The molecule has 0 aromatic carbocycles. The predicted octanol–water partition coefficient (Wildman–Crippen LogP) is 0.763. The topological polar surface area (TPSA) is 64.1 Å². The fourth-order valence-electron chi connectivity index (χ4n) is 2.53. The summed E-state index contributed by atoms with van der Waals surface area (Å²) in [6, 6.07) is 0. The van der Waals surface area contributed by atoms with E-state index in [0.717, 1.165) is 32.2 Å². The van der Waals surface area contributed by atoms with Gasteiger partial charge in [0, 0.05) is 24.5 Å². The summed E-state index contributed by atoms with van der Waals surface area (Å²) in [5.41, 5.74) is 5.83. The van der Waals surface area contributed by atoms with Crippen molar-refractivity contribution in [2.24, 2.45) is 11.7 Å². The first-order valence-corrected chi connectivity index (χ1v) is 5.60. The first-order chi connectivity index (χ1) is 7.24. The second kappa shape index (κ2) is 4.33. The van der Waals surface area contributed by atoms with Crippen LogP contribution in [0.2, 0.25) is 0 Å². The van der Waals surface area contributed by atoms with Crippen molar-refractivity contribution in [2.45, 2.75) is 37.8 Å². The molecule has 1 saturated carbocycles. The smallest absolute Gasteiger partial charge is 0.0945 e. The molecule has 1 heterocycles. The summed E-state index contributed by atoms with van der Waals surface area (Å²) in [6.45, 7) is 1.06. The third-order valence-electron chi connectivity index (χ3n) is 3.60. The van der Waals surface area contributed by atoms with Gasteiger partial charge in [0.2, 0.25) is 0 Å². The Hall–Kier alpha value is -0.870. The first-order valence-electron chi connectivity index (χ1n) is 5.60. The summed E-state index contributed by atoms with van der Waals surface area (Å²) < 4.78 is 2.07. The Morgan fingerprint density at radius 3 is 3.13 bits per heavy atom. The van der Waals surface area contributed by atoms with Gasteiger partial charge in [-0.25, -0.2) is 4.98 Å². The molecule has 1 aliphatic carbocycles. The monoisotopic (exact) mass is 209 g/mol. The van der Waals surface area contributed by atoms with E-state index in [9.17, 15) is 5.11 Å². The third-order valence-corrected chi connectivity index (χ3v) is 3.60. The van der Waals surface area contributed by atoms with E-state index in [4.69, 9.17) is 5.73 Å². The van der Waals surface area contributed by atoms with Crippen LogP contribution in [-0.4, -0.2) is 26.8 Å². The number of rotatable bonds is 4. The molecule has 3 N–H and O–H groups in total. The molecule has 1 aromatic heterocycles. The summed E-state index contributed by atoms with van der Waals surface area (Å²) in [7, 11) is 0. The number of hydrogen-bond donors (Lipinski definition) is 2. The zero-order valence-corrected chi connectivity index (χ0v) is 8.97. The van der Waals surface area contributed by atoms with Crippen LogP contribution in [-0.2, 0) is 6.54 Å². The van der Waals surface area contributed by atoms with Crippen molar-refractivity contribution in [3.8, 4) is 0 Å². The van der Waals surface area contributed by atoms with Gasteiger partial charge in [-0.15, -0.1) is 0 Å². The van der Waals surface area contributed by atoms with Gasteiger partial charge in [-0.2, -0.15) is 0 Å². The number of aryl methyl sites for hydroxylation is 1. The van der Waals surface area contributed by atoms with Crippen LogP contribution in [0.25, 0.3) is 0 Å². The molecular formula is C11H19N3O. The van der Waals surface area contributed by atoms with Crippen molar-refractivity contribution in [3.63, 3.8) is 0 Å². The van der Waals surface area contributed by atoms with Gasteiger partial charge in [-0.3, -0.25) is 0 Å². The molecule has 1 aromatic rings. The van der Waals surface area contributed by atoms with E-state index in [-0.39, 0.29) is 12.1 Å². The molecule has 84 valence electrons. The SMILES string of the molecule is NC1(CO)CCCC1CCn1ccnc1. The van der Waals surface area contributed by atoms with Crippen molar-refractivity contribution in [3.05, 3.63) is 18.7 Å². The molecule has 15 heavy (non-hydrogen) atoms. The van der Waals surface area contributed by atoms with Gasteiger partial charge in [0.1, 0.15) is 0 Å². The average Bonchev–Trinajstić information content (AvgIpc) is 2.85. The molecule has 0 aliphatic heterocycles. The lowest BCUT2D eigenvalue weighted by molar-refractivity contribution is 0.153. The van der Waals surface area contributed by atoms with Crippen molar-refractivity contribution in [1.82, 2.24) is 9.55 Å². The average molecular weight is 209 g/mol. The van der Waals surface area contributed by atoms with E-state index in [1.165, 1.54) is 0 Å². The Balaban J connectivity index is 1.89. The van der Waals surface area contributed by atoms with E-state index in [0.29, 0.717) is 5.92 Å². The summed E-state index contributed by atoms with van der Waals surface area (Å²) >= 11 is 0. The van der Waals surface area contributed by atoms with Gasteiger partial charge in [-0.1, -0.05) is 6.42 Å². The van der Waals surface area contributed by atoms with Crippen LogP contribution in [0, 0.1) is 5.92 Å². The molecule has 0 saturated heterocycles. The Morgan fingerprint density at radius 1 is 1.60 bits per heavy atom. The molecule has 2 rings (SSSR count). The summed E-state index contributed by atoms with van der Waals surface area (Å²) in [6.07, 6.45) is 9.86. The van der Waals surface area contributed by atoms with Crippen LogP contribution in [0.15, 0.2) is 18.7 Å². The highest BCUT2D eigenvalue weighted by molar-refractivity contribution is 4.96. The second-order valence-corrected chi connectivity index (χ2v) is 4.57. The standard InChI is InChI=1S/C11H19N3O/c12-11(8-15)4-1-2-10(11)3-6-14-7-5-13-9-14/h5,7,9-10,15H,1-4,6,8,12H2. The van der Waals surface area contributed by atoms with Gasteiger partial charge in [0.05, 0.1) is 12.9 Å². The minimum atomic E-state index is -0.333. The van der Waals surface area contributed by atoms with E-state index < -0.39 is 0 Å². The van der Waals surface area contributed by atoms with Crippen LogP contribution in [0.4, 0.5) is 0 Å². The molecule has 0 radical (unpaired) electrons. The number of aliphatic hydroxyl groups excluding tert-OH is 1. The lowest BCUT2D eigenvalue weighted by Crippen LogP contribution is -2.47. The Labute approximate surface area is 90.1 Å². The number of hydrogen-bond acceptors (Lipinski definition) is 3. The maximum atomic E-state index is 9.31. The highest BCUT2D eigenvalue weighted by atomic mass is 16.3. The summed E-state index contributed by atoms with van der Waals surface area (Å²) in [5, 5.41) is 9.31. The maximum Gasteiger partial charge on any atom is 0.0945 e. The van der Waals surface area contributed by atoms with Crippen molar-refractivity contribution < 1.29 is 5.11 Å². The third kappa shape index (κ3) is 2.21. The fourth-order valence-corrected chi connectivity index (χ4v) is 2.53. The predicted molar refractivity (Wildman–Crippen MR) is 58.2 cm³/mol. The molecule has 2 atom stereocenters. The summed E-state index contributed by atoms with van der Waals surface area (Å²) in [4.78, 5) is 4.01. The highest BCUT2D eigenvalue weighted by Crippen LogP contribution is 2.35. The minimum absolute atomic E-state index is 0.113. The zero-order valence-electron chi connectivity index (χ0n) is 8.97. The first kappa shape index (κ1) is 10.6. The molecule has 0 amide bonds. The van der Waals surface area contributed by atoms with Crippen LogP contribution in [0.5, 0.6) is 0 Å². The van der Waals surface area contributed by atoms with Crippen LogP contribution in [0.1, 0.15) is 25.7 Å². The quantitative estimate of drug-likeness (QED) is 0.769. The second-order valence-electron chi connectivity index (χ2n) is 4.57. The molecular weight excluding hydrogens is 190 g/mol. The highest BCUT2D eigenvalue weighted by Gasteiger charge is 2.38. The van der Waals surface area contributed by atoms with Gasteiger partial charge >= 0.3 is 0 Å². The Morgan fingerprint density at radius 2 is 2.47 bits per heavy atom. The van der Waals surface area contributed by atoms with Gasteiger partial charge < -0.3 is 15.4 Å². The summed E-state index contributed by atoms with van der Waals surface area (Å²) in [5.74, 6) is 0.449. The van der Waals surface area contributed by atoms with E-state index in [1.54, 1.807) is 6.20 Å². The van der Waals surface area contributed by atoms with E-state index in [2.05, 4.69) is 9.55 Å². The number of aromatic nitrogens is 2. The molecule has 1 fully saturated rings. The number of nitrogens with two attached hydrogens (primary N) is 1. The molecule has 0 spiro atoms. The Bertz CT molecular complexity index is 299. The van der Waals surface area contributed by atoms with Crippen LogP contribution >= 0.6 is 0 Å². The van der Waals surface area contributed by atoms with Crippen molar-refractivity contribution in [2.75, 3.05) is 6.61 Å². The van der Waals surface area contributed by atoms with Crippen LogP contribution < -0.4 is 5.73 Å². The van der Waals surface area contributed by atoms with Gasteiger partial charge in [0.25, 0.3) is 0 Å². The zero-order chi connectivity index (χ0) is 10.7. The van der Waals surface area contributed by atoms with E-state index in [1.807, 2.05) is 12.5 Å². The lowest BCUT2D eigenvalue weighted by atomic mass is 9.86. The van der Waals surface area contributed by atoms with Gasteiger partial charge in [-0.05, 0) is 25.2 Å². The molecule has 4 heteroatoms. The Kier molecular flexibility index (Phi) is 3.07. The molecule has 2 unspecified atom stereocenters. The lowest BCUT2D eigenvalue weighted by Gasteiger charge is -2.29. The number of nitrogens with zero attached hydrogens (tertiary/aromatic N) is 2. The minimum Gasteiger partial charge on any atom is -0.394 e. The molecule has 4 nitrogen and oxygen atoms in total. The largest absolute Gasteiger partial charge is 0.394 e. The number of aliphatic hydroxyl groups is 1. The fraction of sp³-hybridized carbons (Fsp3) is 0.727. The van der Waals surface area contributed by atoms with E-state index >= 15 is 0 Å². The van der Waals surface area contributed by atoms with Crippen molar-refractivity contribution in [1.29, 1.82) is 0 Å². The normalized spacial score (nSPS) is 30.9. The van der Waals surface area contributed by atoms with Gasteiger partial charge in [0.15, 0.2) is 0 Å².